The van der Waals surface area contributed by atoms with Crippen LogP contribution >= 0.6 is 0 Å². The molecule has 258 valence electrons. The zero-order valence-electron chi connectivity index (χ0n) is 29.9. The Balaban J connectivity index is 1.19. The number of benzene rings is 9. The van der Waals surface area contributed by atoms with E-state index in [0.717, 1.165) is 55.8 Å². The van der Waals surface area contributed by atoms with Gasteiger partial charge in [0.1, 0.15) is 11.2 Å². The van der Waals surface area contributed by atoms with E-state index >= 15 is 0 Å². The zero-order chi connectivity index (χ0) is 36.3. The topological polar surface area (TPSA) is 21.3 Å². The molecule has 0 saturated heterocycles. The molecule has 0 fully saturated rings. The lowest BCUT2D eigenvalue weighted by atomic mass is 9.97. The van der Waals surface area contributed by atoms with Crippen LogP contribution in [0.2, 0.25) is 0 Å². The van der Waals surface area contributed by atoms with Crippen molar-refractivity contribution in [3.63, 3.8) is 0 Å². The van der Waals surface area contributed by atoms with Crippen molar-refractivity contribution >= 4 is 71.6 Å². The molecule has 0 unspecified atom stereocenters. The van der Waals surface area contributed by atoms with Crippen molar-refractivity contribution in [3.05, 3.63) is 206 Å². The van der Waals surface area contributed by atoms with Gasteiger partial charge in [-0.15, -0.1) is 0 Å². The Hall–Kier alpha value is -7.36. The Morgan fingerprint density at radius 3 is 1.78 bits per heavy atom. The highest BCUT2D eigenvalue weighted by Gasteiger charge is 2.23. The van der Waals surface area contributed by atoms with E-state index in [9.17, 15) is 0 Å². The maximum Gasteiger partial charge on any atom is 0.143 e. The van der Waals surface area contributed by atoms with Crippen molar-refractivity contribution in [2.45, 2.75) is 0 Å². The molecule has 0 saturated carbocycles. The molecule has 0 bridgehead atoms. The second-order valence-corrected chi connectivity index (χ2v) is 14.1. The standard InChI is InChI=1S/C52H34N2O/c1-2-19-37(20-3-1)53(38-21-14-18-36(32-38)41-27-15-17-35-16-4-5-22-40(35)41)39-33-46(52-47(34-39)45-26-9-13-31-51(45)55-52)44-25-8-12-30-50(44)54-48-28-10-6-23-42(48)43-24-7-11-29-49(43)54/h1-34H. The van der Waals surface area contributed by atoms with Gasteiger partial charge < -0.3 is 13.9 Å². The second kappa shape index (κ2) is 12.6. The fourth-order valence-electron chi connectivity index (χ4n) is 8.53. The number of rotatable bonds is 6. The van der Waals surface area contributed by atoms with Crippen molar-refractivity contribution in [2.24, 2.45) is 0 Å². The largest absolute Gasteiger partial charge is 0.455 e. The van der Waals surface area contributed by atoms with E-state index in [1.807, 2.05) is 6.07 Å². The SMILES string of the molecule is c1ccc(N(c2cccc(-c3cccc4ccccc34)c2)c2cc(-c3ccccc3-n3c4ccccc4c4ccccc43)c3oc4ccccc4c3c2)cc1. The summed E-state index contributed by atoms with van der Waals surface area (Å²) in [6, 6.07) is 73.9. The maximum absolute atomic E-state index is 6.82. The first-order valence-corrected chi connectivity index (χ1v) is 18.8. The van der Waals surface area contributed by atoms with Gasteiger partial charge in [0, 0.05) is 49.7 Å². The Morgan fingerprint density at radius 1 is 0.364 bits per heavy atom. The van der Waals surface area contributed by atoms with Gasteiger partial charge in [0.2, 0.25) is 0 Å². The maximum atomic E-state index is 6.82. The fourth-order valence-corrected chi connectivity index (χ4v) is 8.53. The predicted octanol–water partition coefficient (Wildman–Crippen LogP) is 14.6. The van der Waals surface area contributed by atoms with E-state index in [1.165, 1.54) is 43.7 Å². The number of anilines is 3. The van der Waals surface area contributed by atoms with Gasteiger partial charge in [0.15, 0.2) is 0 Å². The summed E-state index contributed by atoms with van der Waals surface area (Å²) in [5.74, 6) is 0. The molecule has 11 rings (SSSR count). The minimum atomic E-state index is 0.870. The fraction of sp³-hybridized carbons (Fsp3) is 0. The number of para-hydroxylation sites is 5. The zero-order valence-corrected chi connectivity index (χ0v) is 29.9. The first-order chi connectivity index (χ1) is 27.3. The highest BCUT2D eigenvalue weighted by molar-refractivity contribution is 6.14. The molecule has 0 aliphatic carbocycles. The van der Waals surface area contributed by atoms with Crippen LogP contribution in [0.25, 0.3) is 82.5 Å². The van der Waals surface area contributed by atoms with Crippen molar-refractivity contribution in [3.8, 4) is 27.9 Å². The van der Waals surface area contributed by atoms with Gasteiger partial charge in [0.05, 0.1) is 16.7 Å². The second-order valence-electron chi connectivity index (χ2n) is 14.1. The first-order valence-electron chi connectivity index (χ1n) is 18.8. The molecular formula is C52H34N2O. The summed E-state index contributed by atoms with van der Waals surface area (Å²) in [5, 5.41) is 7.10. The van der Waals surface area contributed by atoms with Crippen molar-refractivity contribution in [1.82, 2.24) is 4.57 Å². The Kier molecular flexibility index (Phi) is 7.17. The Morgan fingerprint density at radius 2 is 0.964 bits per heavy atom. The summed E-state index contributed by atoms with van der Waals surface area (Å²) in [4.78, 5) is 2.38. The van der Waals surface area contributed by atoms with E-state index < -0.39 is 0 Å². The summed E-state index contributed by atoms with van der Waals surface area (Å²) in [6.07, 6.45) is 0. The molecule has 9 aromatic carbocycles. The van der Waals surface area contributed by atoms with Crippen LogP contribution in [0.1, 0.15) is 0 Å². The molecule has 0 amide bonds. The summed E-state index contributed by atoms with van der Waals surface area (Å²) in [5.41, 5.74) is 12.9. The third-order valence-corrected chi connectivity index (χ3v) is 11.0. The van der Waals surface area contributed by atoms with Crippen LogP contribution in [-0.2, 0) is 0 Å². The lowest BCUT2D eigenvalue weighted by molar-refractivity contribution is 0.670. The van der Waals surface area contributed by atoms with E-state index in [1.54, 1.807) is 0 Å². The van der Waals surface area contributed by atoms with E-state index in [-0.39, 0.29) is 0 Å². The van der Waals surface area contributed by atoms with Gasteiger partial charge >= 0.3 is 0 Å². The summed E-state index contributed by atoms with van der Waals surface area (Å²) in [6.45, 7) is 0. The third-order valence-electron chi connectivity index (χ3n) is 11.0. The van der Waals surface area contributed by atoms with Gasteiger partial charge in [-0.2, -0.15) is 0 Å². The highest BCUT2D eigenvalue weighted by Crippen LogP contribution is 2.46. The minimum absolute atomic E-state index is 0.870. The highest BCUT2D eigenvalue weighted by atomic mass is 16.3. The summed E-state index contributed by atoms with van der Waals surface area (Å²) < 4.78 is 9.23. The van der Waals surface area contributed by atoms with Gasteiger partial charge in [-0.1, -0.05) is 146 Å². The lowest BCUT2D eigenvalue weighted by Gasteiger charge is -2.27. The van der Waals surface area contributed by atoms with Crippen LogP contribution in [-0.4, -0.2) is 4.57 Å². The summed E-state index contributed by atoms with van der Waals surface area (Å²) in [7, 11) is 0. The number of hydrogen-bond acceptors (Lipinski definition) is 2. The molecular weight excluding hydrogens is 669 g/mol. The molecule has 11 aromatic rings. The number of aromatic nitrogens is 1. The van der Waals surface area contributed by atoms with E-state index in [2.05, 4.69) is 210 Å². The smallest absolute Gasteiger partial charge is 0.143 e. The number of fused-ring (bicyclic) bond motifs is 7. The van der Waals surface area contributed by atoms with Gasteiger partial charge in [-0.25, -0.2) is 0 Å². The molecule has 2 aromatic heterocycles. The molecule has 0 radical (unpaired) electrons. The summed E-state index contributed by atoms with van der Waals surface area (Å²) >= 11 is 0. The average molecular weight is 703 g/mol. The predicted molar refractivity (Wildman–Crippen MR) is 231 cm³/mol. The molecule has 0 spiro atoms. The Labute approximate surface area is 318 Å². The van der Waals surface area contributed by atoms with Gasteiger partial charge in [0.25, 0.3) is 0 Å². The van der Waals surface area contributed by atoms with Crippen molar-refractivity contribution in [1.29, 1.82) is 0 Å². The van der Waals surface area contributed by atoms with Crippen LogP contribution in [0.3, 0.4) is 0 Å². The molecule has 0 aliphatic rings. The molecule has 0 aliphatic heterocycles. The minimum Gasteiger partial charge on any atom is -0.455 e. The van der Waals surface area contributed by atoms with Gasteiger partial charge in [-0.05, 0) is 82.6 Å². The number of nitrogens with zero attached hydrogens (tertiary/aromatic N) is 2. The molecule has 3 nitrogen and oxygen atoms in total. The van der Waals surface area contributed by atoms with E-state index in [4.69, 9.17) is 4.42 Å². The molecule has 2 heterocycles. The monoisotopic (exact) mass is 702 g/mol. The number of hydrogen-bond donors (Lipinski definition) is 0. The van der Waals surface area contributed by atoms with Crippen LogP contribution in [0.4, 0.5) is 17.1 Å². The lowest BCUT2D eigenvalue weighted by Crippen LogP contribution is -2.10. The Bertz CT molecular complexity index is 3170. The number of furan rings is 1. The quantitative estimate of drug-likeness (QED) is 0.172. The third kappa shape index (κ3) is 5.05. The molecule has 0 atom stereocenters. The van der Waals surface area contributed by atoms with Crippen LogP contribution in [0.5, 0.6) is 0 Å². The van der Waals surface area contributed by atoms with E-state index in [0.29, 0.717) is 0 Å². The molecule has 0 N–H and O–H groups in total. The van der Waals surface area contributed by atoms with Crippen molar-refractivity contribution in [2.75, 3.05) is 4.90 Å². The van der Waals surface area contributed by atoms with Crippen LogP contribution < -0.4 is 4.90 Å². The first kappa shape index (κ1) is 31.2. The molecule has 3 heteroatoms. The normalized spacial score (nSPS) is 11.6. The van der Waals surface area contributed by atoms with Crippen molar-refractivity contribution < 1.29 is 4.42 Å². The average Bonchev–Trinajstić information content (AvgIpc) is 3.80. The van der Waals surface area contributed by atoms with Gasteiger partial charge in [-0.3, -0.25) is 0 Å². The van der Waals surface area contributed by atoms with Crippen LogP contribution in [0.15, 0.2) is 211 Å². The van der Waals surface area contributed by atoms with Crippen LogP contribution in [0, 0.1) is 0 Å². The molecule has 55 heavy (non-hydrogen) atoms.